The van der Waals surface area contributed by atoms with Crippen LogP contribution < -0.4 is 10.1 Å². The maximum Gasteiger partial charge on any atom is 0.256 e. The Kier molecular flexibility index (Phi) is 5.79. The topological polar surface area (TPSA) is 58.6 Å². The van der Waals surface area contributed by atoms with Crippen molar-refractivity contribution >= 4 is 11.8 Å². The minimum absolute atomic E-state index is 0.0362. The molecule has 1 aliphatic heterocycles. The molecule has 1 aliphatic carbocycles. The minimum Gasteiger partial charge on any atom is -0.493 e. The van der Waals surface area contributed by atoms with Crippen LogP contribution in [0.1, 0.15) is 46.4 Å². The molecule has 1 heterocycles. The van der Waals surface area contributed by atoms with Crippen molar-refractivity contribution in [3.8, 4) is 5.75 Å². The average molecular weight is 396 g/mol. The molecule has 2 aromatic carbocycles. The zero-order valence-corrected chi connectivity index (χ0v) is 16.3. The summed E-state index contributed by atoms with van der Waals surface area (Å²) in [5.74, 6) is 0.320. The number of rotatable bonds is 6. The third-order valence-corrected chi connectivity index (χ3v) is 5.52. The number of hydrogen-bond donors (Lipinski definition) is 1. The summed E-state index contributed by atoms with van der Waals surface area (Å²) in [5.41, 5.74) is 0.775. The van der Waals surface area contributed by atoms with Gasteiger partial charge in [0.25, 0.3) is 11.8 Å². The number of amides is 2. The number of hydrogen-bond acceptors (Lipinski definition) is 3. The monoisotopic (exact) mass is 396 g/mol. The SMILES string of the molecule is O=C(NC1CC1)c1ccc(OCC2CCN(C(=O)c3ccccc3F)CC2)cc1. The van der Waals surface area contributed by atoms with Gasteiger partial charge in [-0.15, -0.1) is 0 Å². The van der Waals surface area contributed by atoms with Gasteiger partial charge in [0.05, 0.1) is 12.2 Å². The van der Waals surface area contributed by atoms with E-state index < -0.39 is 5.82 Å². The lowest BCUT2D eigenvalue weighted by Gasteiger charge is -2.32. The van der Waals surface area contributed by atoms with Gasteiger partial charge >= 0.3 is 0 Å². The molecule has 2 aromatic rings. The molecule has 0 radical (unpaired) electrons. The molecule has 2 aliphatic rings. The van der Waals surface area contributed by atoms with Crippen LogP contribution in [-0.4, -0.2) is 42.5 Å². The Hall–Kier alpha value is -2.89. The van der Waals surface area contributed by atoms with Crippen molar-refractivity contribution in [1.82, 2.24) is 10.2 Å². The summed E-state index contributed by atoms with van der Waals surface area (Å²) < 4.78 is 19.7. The lowest BCUT2D eigenvalue weighted by atomic mass is 9.97. The lowest BCUT2D eigenvalue weighted by Crippen LogP contribution is -2.40. The second-order valence-electron chi connectivity index (χ2n) is 7.80. The molecule has 0 unspecified atom stereocenters. The predicted octanol–water partition coefficient (Wildman–Crippen LogP) is 3.65. The van der Waals surface area contributed by atoms with Crippen molar-refractivity contribution in [1.29, 1.82) is 0 Å². The summed E-state index contributed by atoms with van der Waals surface area (Å²) in [7, 11) is 0. The number of nitrogens with one attached hydrogen (secondary N) is 1. The first-order valence-electron chi connectivity index (χ1n) is 10.2. The molecule has 1 N–H and O–H groups in total. The van der Waals surface area contributed by atoms with Crippen molar-refractivity contribution in [3.63, 3.8) is 0 Å². The highest BCUT2D eigenvalue weighted by Crippen LogP contribution is 2.23. The maximum atomic E-state index is 13.8. The molecule has 0 spiro atoms. The van der Waals surface area contributed by atoms with E-state index >= 15 is 0 Å². The summed E-state index contributed by atoms with van der Waals surface area (Å²) in [6, 6.07) is 13.6. The molecule has 29 heavy (non-hydrogen) atoms. The predicted molar refractivity (Wildman–Crippen MR) is 107 cm³/mol. The van der Waals surface area contributed by atoms with Crippen molar-refractivity contribution in [3.05, 3.63) is 65.5 Å². The molecule has 5 nitrogen and oxygen atoms in total. The first kappa shape index (κ1) is 19.4. The molecule has 1 saturated carbocycles. The molecule has 0 bridgehead atoms. The molecule has 6 heteroatoms. The van der Waals surface area contributed by atoms with E-state index in [0.717, 1.165) is 31.4 Å². The smallest absolute Gasteiger partial charge is 0.256 e. The molecule has 152 valence electrons. The maximum absolute atomic E-state index is 13.8. The Balaban J connectivity index is 1.23. The zero-order valence-electron chi connectivity index (χ0n) is 16.3. The van der Waals surface area contributed by atoms with Crippen molar-refractivity contribution in [2.75, 3.05) is 19.7 Å². The Morgan fingerprint density at radius 3 is 2.34 bits per heavy atom. The number of likely N-dealkylation sites (tertiary alicyclic amines) is 1. The second-order valence-corrected chi connectivity index (χ2v) is 7.80. The first-order valence-corrected chi connectivity index (χ1v) is 10.2. The average Bonchev–Trinajstić information content (AvgIpc) is 3.57. The number of halogens is 1. The molecule has 4 rings (SSSR count). The summed E-state index contributed by atoms with van der Waals surface area (Å²) in [4.78, 5) is 26.2. The van der Waals surface area contributed by atoms with Crippen molar-refractivity contribution in [2.24, 2.45) is 5.92 Å². The Labute approximate surface area is 169 Å². The highest BCUT2D eigenvalue weighted by Gasteiger charge is 2.26. The molecule has 0 aromatic heterocycles. The standard InChI is InChI=1S/C23H25FN2O3/c24-21-4-2-1-3-20(21)23(28)26-13-11-16(12-14-26)15-29-19-9-5-17(6-10-19)22(27)25-18-7-8-18/h1-6,9-10,16,18H,7-8,11-15H2,(H,25,27). The third kappa shape index (κ3) is 4.94. The van der Waals surface area contributed by atoms with Gasteiger partial charge in [-0.05, 0) is 68.0 Å². The van der Waals surface area contributed by atoms with Gasteiger partial charge in [-0.3, -0.25) is 9.59 Å². The normalized spacial score (nSPS) is 17.1. The van der Waals surface area contributed by atoms with E-state index in [0.29, 0.717) is 37.2 Å². The Morgan fingerprint density at radius 1 is 1.00 bits per heavy atom. The zero-order chi connectivity index (χ0) is 20.2. The first-order chi connectivity index (χ1) is 14.1. The van der Waals surface area contributed by atoms with Crippen LogP contribution in [0.2, 0.25) is 0 Å². The molecule has 0 atom stereocenters. The molecule has 2 fully saturated rings. The highest BCUT2D eigenvalue weighted by molar-refractivity contribution is 5.95. The van der Waals surface area contributed by atoms with Crippen LogP contribution in [0.4, 0.5) is 4.39 Å². The van der Waals surface area contributed by atoms with Gasteiger partial charge in [-0.25, -0.2) is 4.39 Å². The summed E-state index contributed by atoms with van der Waals surface area (Å²) in [6.07, 6.45) is 3.78. The fourth-order valence-electron chi connectivity index (χ4n) is 3.52. The number of benzene rings is 2. The number of carbonyl (C=O) groups is 2. The van der Waals surface area contributed by atoms with Crippen LogP contribution in [0, 0.1) is 11.7 Å². The van der Waals surface area contributed by atoms with Crippen LogP contribution in [0.25, 0.3) is 0 Å². The Morgan fingerprint density at radius 2 is 1.69 bits per heavy atom. The lowest BCUT2D eigenvalue weighted by molar-refractivity contribution is 0.0656. The van der Waals surface area contributed by atoms with Crippen molar-refractivity contribution < 1.29 is 18.7 Å². The fraction of sp³-hybridized carbons (Fsp3) is 0.391. The van der Waals surface area contributed by atoms with E-state index in [1.54, 1.807) is 29.2 Å². The number of ether oxygens (including phenoxy) is 1. The summed E-state index contributed by atoms with van der Waals surface area (Å²) in [5, 5.41) is 2.97. The van der Waals surface area contributed by atoms with E-state index in [2.05, 4.69) is 5.32 Å². The second kappa shape index (κ2) is 8.64. The van der Waals surface area contributed by atoms with E-state index in [9.17, 15) is 14.0 Å². The highest BCUT2D eigenvalue weighted by atomic mass is 19.1. The quantitative estimate of drug-likeness (QED) is 0.811. The van der Waals surface area contributed by atoms with Gasteiger partial charge < -0.3 is 15.0 Å². The van der Waals surface area contributed by atoms with E-state index in [1.807, 2.05) is 12.1 Å². The summed E-state index contributed by atoms with van der Waals surface area (Å²) in [6.45, 7) is 1.76. The number of nitrogens with zero attached hydrogens (tertiary/aromatic N) is 1. The number of carbonyl (C=O) groups excluding carboxylic acids is 2. The van der Waals surface area contributed by atoms with Gasteiger partial charge in [0.1, 0.15) is 11.6 Å². The number of piperidine rings is 1. The summed E-state index contributed by atoms with van der Waals surface area (Å²) >= 11 is 0. The molecular weight excluding hydrogens is 371 g/mol. The van der Waals surface area contributed by atoms with Crippen LogP contribution in [0.3, 0.4) is 0 Å². The largest absolute Gasteiger partial charge is 0.493 e. The van der Waals surface area contributed by atoms with E-state index in [4.69, 9.17) is 4.74 Å². The van der Waals surface area contributed by atoms with Gasteiger partial charge in [0.2, 0.25) is 0 Å². The molecular formula is C23H25FN2O3. The van der Waals surface area contributed by atoms with Crippen molar-refractivity contribution in [2.45, 2.75) is 31.7 Å². The van der Waals surface area contributed by atoms with Crippen LogP contribution in [-0.2, 0) is 0 Å². The third-order valence-electron chi connectivity index (χ3n) is 5.52. The van der Waals surface area contributed by atoms with Crippen LogP contribution >= 0.6 is 0 Å². The van der Waals surface area contributed by atoms with Crippen LogP contribution in [0.5, 0.6) is 5.75 Å². The van der Waals surface area contributed by atoms with E-state index in [-0.39, 0.29) is 17.4 Å². The van der Waals surface area contributed by atoms with Crippen LogP contribution in [0.15, 0.2) is 48.5 Å². The molecule has 1 saturated heterocycles. The van der Waals surface area contributed by atoms with E-state index in [1.165, 1.54) is 12.1 Å². The van der Waals surface area contributed by atoms with Gasteiger partial charge in [-0.1, -0.05) is 12.1 Å². The van der Waals surface area contributed by atoms with Gasteiger partial charge in [0.15, 0.2) is 0 Å². The fourth-order valence-corrected chi connectivity index (χ4v) is 3.52. The molecule has 2 amide bonds. The van der Waals surface area contributed by atoms with Gasteiger partial charge in [-0.2, -0.15) is 0 Å². The Bertz CT molecular complexity index is 872. The van der Waals surface area contributed by atoms with Gasteiger partial charge in [0, 0.05) is 24.7 Å². The minimum atomic E-state index is -0.475.